The average molecular weight is 452 g/mol. The second-order valence-electron chi connectivity index (χ2n) is 6.70. The maximum atomic E-state index is 12.9. The van der Waals surface area contributed by atoms with Gasteiger partial charge in [0.25, 0.3) is 11.8 Å². The van der Waals surface area contributed by atoms with E-state index in [0.717, 1.165) is 11.3 Å². The molecule has 1 saturated heterocycles. The molecule has 12 heteroatoms. The van der Waals surface area contributed by atoms with Crippen LogP contribution in [0.2, 0.25) is 0 Å². The summed E-state index contributed by atoms with van der Waals surface area (Å²) in [5.74, 6) is -1.93. The van der Waals surface area contributed by atoms with E-state index in [-0.39, 0.29) is 28.3 Å². The van der Waals surface area contributed by atoms with Gasteiger partial charge in [-0.05, 0) is 26.3 Å². The van der Waals surface area contributed by atoms with Gasteiger partial charge in [0.05, 0.1) is 0 Å². The third-order valence-electron chi connectivity index (χ3n) is 4.19. The fourth-order valence-corrected chi connectivity index (χ4v) is 4.81. The van der Waals surface area contributed by atoms with Crippen LogP contribution in [-0.4, -0.2) is 61.8 Å². The lowest BCUT2D eigenvalue weighted by Crippen LogP contribution is -2.71. The highest BCUT2D eigenvalue weighted by molar-refractivity contribution is 8.00. The monoisotopic (exact) mass is 451 g/mol. The van der Waals surface area contributed by atoms with Crippen molar-refractivity contribution >= 4 is 51.7 Å². The highest BCUT2D eigenvalue weighted by atomic mass is 32.2. The first kappa shape index (κ1) is 21.8. The number of anilines is 1. The molecule has 2 atom stereocenters. The number of hydrogen-bond acceptors (Lipinski definition) is 9. The van der Waals surface area contributed by atoms with E-state index in [1.165, 1.54) is 16.7 Å². The van der Waals surface area contributed by atoms with Crippen molar-refractivity contribution < 1.29 is 24.3 Å². The van der Waals surface area contributed by atoms with Gasteiger partial charge in [-0.15, -0.1) is 23.1 Å². The Morgan fingerprint density at radius 2 is 2.23 bits per heavy atom. The number of β-lactam (4-membered cyclic amide) rings is 1. The molecule has 160 valence electrons. The Morgan fingerprint density at radius 3 is 2.80 bits per heavy atom. The van der Waals surface area contributed by atoms with Crippen LogP contribution in [0.3, 0.4) is 0 Å². The zero-order valence-electron chi connectivity index (χ0n) is 16.5. The number of carboxylic acids is 1. The number of carbonyl (C=O) groups excluding carboxylic acids is 2. The predicted molar refractivity (Wildman–Crippen MR) is 114 cm³/mol. The number of nitrogens with zero attached hydrogens (tertiary/aromatic N) is 3. The smallest absolute Gasteiger partial charge is 0.352 e. The lowest BCUT2D eigenvalue weighted by atomic mass is 10.0. The topological polar surface area (TPSA) is 147 Å². The third kappa shape index (κ3) is 4.19. The molecule has 1 aromatic heterocycles. The summed E-state index contributed by atoms with van der Waals surface area (Å²) < 4.78 is 0. The van der Waals surface area contributed by atoms with Gasteiger partial charge in [0, 0.05) is 11.1 Å². The van der Waals surface area contributed by atoms with Crippen molar-refractivity contribution in [1.82, 2.24) is 15.2 Å². The van der Waals surface area contributed by atoms with Crippen LogP contribution in [0.4, 0.5) is 5.13 Å². The first-order valence-electron chi connectivity index (χ1n) is 9.04. The zero-order chi connectivity index (χ0) is 22.0. The number of aromatic nitrogens is 1. The molecule has 3 heterocycles. The minimum absolute atomic E-state index is 0.0587. The normalized spacial score (nSPS) is 21.7. The Morgan fingerprint density at radius 1 is 1.50 bits per heavy atom. The summed E-state index contributed by atoms with van der Waals surface area (Å²) >= 11 is 2.52. The van der Waals surface area contributed by atoms with Gasteiger partial charge >= 0.3 is 5.97 Å². The van der Waals surface area contributed by atoms with E-state index < -0.39 is 29.2 Å². The molecule has 0 unspecified atom stereocenters. The minimum Gasteiger partial charge on any atom is -0.477 e. The standard InChI is InChI=1S/C18H21N5O5S2/c1-4-5-9-6-29-16-12(15(25)23(16)13(9)17(26)27)21-14(24)11(22-28-8(2)3)10-7-30-18(19)20-10/h4-5,7-8,12,16H,6H2,1-3H3,(H2,19,20)(H,21,24)(H,26,27)/b5-4-,22-11-/t12-,16-/m1/s1. The Hall–Kier alpha value is -2.86. The number of carboxylic acid groups (broad SMARTS) is 1. The van der Waals surface area contributed by atoms with E-state index in [9.17, 15) is 19.5 Å². The molecule has 1 aromatic rings. The second kappa shape index (κ2) is 8.88. The van der Waals surface area contributed by atoms with Crippen molar-refractivity contribution in [3.05, 3.63) is 34.5 Å². The number of nitrogens with two attached hydrogens (primary N) is 1. The SMILES string of the molecule is C/C=C\C1=C(C(=O)O)N2C(=O)[C@@H](NC(=O)/C(=N\OC(C)C)c3csc(N)n3)[C@H]2SC1. The molecule has 30 heavy (non-hydrogen) atoms. The van der Waals surface area contributed by atoms with Crippen LogP contribution in [-0.2, 0) is 19.2 Å². The summed E-state index contributed by atoms with van der Waals surface area (Å²) in [4.78, 5) is 47.7. The number of nitrogen functional groups attached to an aromatic ring is 1. The maximum Gasteiger partial charge on any atom is 0.352 e. The summed E-state index contributed by atoms with van der Waals surface area (Å²) in [6, 6.07) is -0.885. The Balaban J connectivity index is 1.81. The molecule has 2 aliphatic heterocycles. The fraction of sp³-hybridized carbons (Fsp3) is 0.389. The number of aliphatic carboxylic acids is 1. The van der Waals surface area contributed by atoms with Crippen molar-refractivity contribution in [2.45, 2.75) is 38.3 Å². The van der Waals surface area contributed by atoms with Crippen molar-refractivity contribution in [3.63, 3.8) is 0 Å². The van der Waals surface area contributed by atoms with Gasteiger partial charge in [-0.3, -0.25) is 14.5 Å². The van der Waals surface area contributed by atoms with Gasteiger partial charge in [0.15, 0.2) is 10.8 Å². The number of oxime groups is 1. The van der Waals surface area contributed by atoms with Crippen LogP contribution < -0.4 is 11.1 Å². The first-order chi connectivity index (χ1) is 14.2. The van der Waals surface area contributed by atoms with E-state index >= 15 is 0 Å². The van der Waals surface area contributed by atoms with Gasteiger partial charge in [-0.25, -0.2) is 9.78 Å². The van der Waals surface area contributed by atoms with Crippen LogP contribution >= 0.6 is 23.1 Å². The van der Waals surface area contributed by atoms with Crippen molar-refractivity contribution in [3.8, 4) is 0 Å². The molecule has 0 spiro atoms. The maximum absolute atomic E-state index is 12.9. The van der Waals surface area contributed by atoms with Gasteiger partial charge in [0.2, 0.25) is 0 Å². The van der Waals surface area contributed by atoms with Crippen LogP contribution in [0.1, 0.15) is 26.5 Å². The number of carbonyl (C=O) groups is 3. The number of rotatable bonds is 7. The predicted octanol–water partition coefficient (Wildman–Crippen LogP) is 1.17. The quantitative estimate of drug-likeness (QED) is 0.318. The molecule has 0 bridgehead atoms. The number of amides is 2. The Labute approximate surface area is 180 Å². The van der Waals surface area contributed by atoms with E-state index in [1.54, 1.807) is 38.3 Å². The number of hydrogen-bond donors (Lipinski definition) is 3. The zero-order valence-corrected chi connectivity index (χ0v) is 18.1. The molecule has 3 rings (SSSR count). The summed E-state index contributed by atoms with van der Waals surface area (Å²) in [7, 11) is 0. The first-order valence-corrected chi connectivity index (χ1v) is 11.0. The fourth-order valence-electron chi connectivity index (χ4n) is 2.94. The molecule has 10 nitrogen and oxygen atoms in total. The van der Waals surface area contributed by atoms with Gasteiger partial charge in [0.1, 0.15) is 28.9 Å². The van der Waals surface area contributed by atoms with Gasteiger partial charge < -0.3 is 21.0 Å². The molecule has 0 radical (unpaired) electrons. The molecule has 0 aliphatic carbocycles. The molecule has 1 fully saturated rings. The average Bonchev–Trinajstić information content (AvgIpc) is 3.11. The molecule has 0 aromatic carbocycles. The van der Waals surface area contributed by atoms with Crippen LogP contribution in [0.25, 0.3) is 0 Å². The molecule has 4 N–H and O–H groups in total. The van der Waals surface area contributed by atoms with E-state index in [2.05, 4.69) is 15.5 Å². The van der Waals surface area contributed by atoms with E-state index in [0.29, 0.717) is 11.3 Å². The van der Waals surface area contributed by atoms with Crippen LogP contribution in [0.5, 0.6) is 0 Å². The lowest BCUT2D eigenvalue weighted by Gasteiger charge is -2.49. The Kier molecular flexibility index (Phi) is 6.46. The number of fused-ring (bicyclic) bond motifs is 1. The van der Waals surface area contributed by atoms with Crippen molar-refractivity contribution in [2.75, 3.05) is 11.5 Å². The number of thiazole rings is 1. The molecular weight excluding hydrogens is 430 g/mol. The highest BCUT2D eigenvalue weighted by Gasteiger charge is 2.54. The summed E-state index contributed by atoms with van der Waals surface area (Å²) in [5.41, 5.74) is 6.27. The molecule has 2 amide bonds. The lowest BCUT2D eigenvalue weighted by molar-refractivity contribution is -0.150. The summed E-state index contributed by atoms with van der Waals surface area (Å²) in [6.07, 6.45) is 3.12. The number of nitrogens with one attached hydrogen (secondary N) is 1. The third-order valence-corrected chi connectivity index (χ3v) is 6.17. The molecular formula is C18H21N5O5S2. The Bertz CT molecular complexity index is 968. The van der Waals surface area contributed by atoms with Gasteiger partial charge in [-0.2, -0.15) is 0 Å². The molecule has 2 aliphatic rings. The van der Waals surface area contributed by atoms with Crippen LogP contribution in [0, 0.1) is 0 Å². The van der Waals surface area contributed by atoms with Crippen LogP contribution in [0.15, 0.2) is 34.0 Å². The minimum atomic E-state index is -1.18. The summed E-state index contributed by atoms with van der Waals surface area (Å²) in [6.45, 7) is 5.28. The number of thioether (sulfide) groups is 1. The van der Waals surface area contributed by atoms with Gasteiger partial charge in [-0.1, -0.05) is 17.3 Å². The number of allylic oxidation sites excluding steroid dienone is 2. The van der Waals surface area contributed by atoms with E-state index in [1.807, 2.05) is 0 Å². The van der Waals surface area contributed by atoms with Crippen molar-refractivity contribution in [1.29, 1.82) is 0 Å². The second-order valence-corrected chi connectivity index (χ2v) is 8.70. The largest absolute Gasteiger partial charge is 0.477 e. The van der Waals surface area contributed by atoms with Crippen molar-refractivity contribution in [2.24, 2.45) is 5.16 Å². The highest BCUT2D eigenvalue weighted by Crippen LogP contribution is 2.40. The summed E-state index contributed by atoms with van der Waals surface area (Å²) in [5, 5.41) is 17.4. The molecule has 0 saturated carbocycles. The van der Waals surface area contributed by atoms with E-state index in [4.69, 9.17) is 10.6 Å².